The summed E-state index contributed by atoms with van der Waals surface area (Å²) in [5, 5.41) is 0. The van der Waals surface area contributed by atoms with E-state index in [1.54, 1.807) is 0 Å². The van der Waals surface area contributed by atoms with Gasteiger partial charge >= 0.3 is 18.0 Å². The fraction of sp³-hybridized carbons (Fsp3) is 1.00. The van der Waals surface area contributed by atoms with Crippen molar-refractivity contribution in [3.8, 4) is 0 Å². The van der Waals surface area contributed by atoms with E-state index in [2.05, 4.69) is 0 Å². The normalized spacial score (nSPS) is 16.6. The maximum atomic E-state index is 13.1. The Hall–Kier alpha value is -0.490. The lowest BCUT2D eigenvalue weighted by Crippen LogP contribution is -2.57. The van der Waals surface area contributed by atoms with E-state index in [0.717, 1.165) is 0 Å². The highest BCUT2D eigenvalue weighted by Gasteiger charge is 2.74. The molecule has 0 aromatic carbocycles. The SMILES string of the molecule is CCCC(C)C(F)(C(F)(F)F)C(F)(F)F. The maximum absolute atomic E-state index is 13.1. The van der Waals surface area contributed by atoms with Crippen molar-refractivity contribution in [2.45, 2.75) is 44.7 Å². The van der Waals surface area contributed by atoms with Crippen molar-refractivity contribution in [2.24, 2.45) is 5.92 Å². The highest BCUT2D eigenvalue weighted by atomic mass is 19.4. The predicted molar refractivity (Wildman–Crippen MR) is 40.0 cm³/mol. The van der Waals surface area contributed by atoms with E-state index >= 15 is 0 Å². The number of hydrogen-bond acceptors (Lipinski definition) is 0. The quantitative estimate of drug-likeness (QED) is 0.646. The molecule has 0 aliphatic rings. The second kappa shape index (κ2) is 4.17. The first-order valence-electron chi connectivity index (χ1n) is 4.30. The topological polar surface area (TPSA) is 0 Å². The molecule has 0 amide bonds. The number of alkyl halides is 7. The van der Waals surface area contributed by atoms with Crippen molar-refractivity contribution < 1.29 is 30.7 Å². The Balaban J connectivity index is 5.23. The van der Waals surface area contributed by atoms with Gasteiger partial charge in [0.25, 0.3) is 0 Å². The Kier molecular flexibility index (Phi) is 4.04. The molecule has 0 aromatic rings. The minimum atomic E-state index is -5.93. The average Bonchev–Trinajstić information content (AvgIpc) is 1.99. The van der Waals surface area contributed by atoms with Gasteiger partial charge in [-0.15, -0.1) is 0 Å². The van der Waals surface area contributed by atoms with Crippen molar-refractivity contribution in [1.29, 1.82) is 0 Å². The third-order valence-electron chi connectivity index (χ3n) is 2.23. The molecule has 0 radical (unpaired) electrons. The molecule has 1 unspecified atom stereocenters. The van der Waals surface area contributed by atoms with Crippen LogP contribution < -0.4 is 0 Å². The summed E-state index contributed by atoms with van der Waals surface area (Å²) >= 11 is 0. The first-order valence-corrected chi connectivity index (χ1v) is 4.30. The fourth-order valence-electron chi connectivity index (χ4n) is 1.35. The molecule has 0 nitrogen and oxygen atoms in total. The zero-order valence-electron chi connectivity index (χ0n) is 8.14. The number of halogens is 7. The molecule has 0 rings (SSSR count). The Morgan fingerprint density at radius 1 is 0.867 bits per heavy atom. The molecule has 0 saturated heterocycles. The average molecular weight is 240 g/mol. The van der Waals surface area contributed by atoms with Crippen LogP contribution in [0.2, 0.25) is 0 Å². The van der Waals surface area contributed by atoms with Crippen LogP contribution >= 0.6 is 0 Å². The second-order valence-corrected chi connectivity index (χ2v) is 3.40. The largest absolute Gasteiger partial charge is 0.431 e. The molecular weight excluding hydrogens is 229 g/mol. The molecule has 15 heavy (non-hydrogen) atoms. The molecule has 0 bridgehead atoms. The molecule has 0 fully saturated rings. The van der Waals surface area contributed by atoms with E-state index in [4.69, 9.17) is 0 Å². The molecule has 1 atom stereocenters. The zero-order valence-corrected chi connectivity index (χ0v) is 8.14. The van der Waals surface area contributed by atoms with Crippen molar-refractivity contribution in [3.05, 3.63) is 0 Å². The van der Waals surface area contributed by atoms with E-state index in [-0.39, 0.29) is 6.42 Å². The van der Waals surface area contributed by atoms with Gasteiger partial charge in [-0.1, -0.05) is 20.3 Å². The van der Waals surface area contributed by atoms with Crippen molar-refractivity contribution in [2.75, 3.05) is 0 Å². The highest BCUT2D eigenvalue weighted by Crippen LogP contribution is 2.51. The van der Waals surface area contributed by atoms with Crippen LogP contribution in [-0.4, -0.2) is 18.0 Å². The Morgan fingerprint density at radius 3 is 1.40 bits per heavy atom. The van der Waals surface area contributed by atoms with Crippen LogP contribution in [0.5, 0.6) is 0 Å². The van der Waals surface area contributed by atoms with Crippen LogP contribution in [0.15, 0.2) is 0 Å². The van der Waals surface area contributed by atoms with Gasteiger partial charge in [0.2, 0.25) is 0 Å². The third kappa shape index (κ3) is 2.55. The molecule has 92 valence electrons. The summed E-state index contributed by atoms with van der Waals surface area (Å²) < 4.78 is 85.6. The fourth-order valence-corrected chi connectivity index (χ4v) is 1.35. The Bertz CT molecular complexity index is 188. The van der Waals surface area contributed by atoms with Gasteiger partial charge in [-0.3, -0.25) is 0 Å². The second-order valence-electron chi connectivity index (χ2n) is 3.40. The van der Waals surface area contributed by atoms with Crippen molar-refractivity contribution >= 4 is 0 Å². The lowest BCUT2D eigenvalue weighted by atomic mass is 9.86. The summed E-state index contributed by atoms with van der Waals surface area (Å²) in [6.45, 7) is 2.01. The van der Waals surface area contributed by atoms with Gasteiger partial charge < -0.3 is 0 Å². The summed E-state index contributed by atoms with van der Waals surface area (Å²) in [5.74, 6) is -2.14. The van der Waals surface area contributed by atoms with Gasteiger partial charge in [0.05, 0.1) is 0 Å². The van der Waals surface area contributed by atoms with Gasteiger partial charge in [0, 0.05) is 5.92 Å². The molecule has 0 heterocycles. The van der Waals surface area contributed by atoms with E-state index in [0.29, 0.717) is 6.92 Å². The molecular formula is C8H11F7. The lowest BCUT2D eigenvalue weighted by molar-refractivity contribution is -0.356. The summed E-state index contributed by atoms with van der Waals surface area (Å²) in [6.07, 6.45) is -12.3. The molecule has 7 heteroatoms. The zero-order chi connectivity index (χ0) is 12.5. The van der Waals surface area contributed by atoms with Crippen LogP contribution in [0.25, 0.3) is 0 Å². The Labute approximate surface area is 82.5 Å². The predicted octanol–water partition coefficient (Wildman–Crippen LogP) is 4.26. The van der Waals surface area contributed by atoms with E-state index in [9.17, 15) is 30.7 Å². The summed E-state index contributed by atoms with van der Waals surface area (Å²) in [5.41, 5.74) is -5.12. The lowest BCUT2D eigenvalue weighted by Gasteiger charge is -2.34. The molecule has 0 saturated carbocycles. The van der Waals surface area contributed by atoms with Crippen molar-refractivity contribution in [3.63, 3.8) is 0 Å². The third-order valence-corrected chi connectivity index (χ3v) is 2.23. The maximum Gasteiger partial charge on any atom is 0.431 e. The van der Waals surface area contributed by atoms with E-state index in [1.165, 1.54) is 6.92 Å². The van der Waals surface area contributed by atoms with Crippen molar-refractivity contribution in [1.82, 2.24) is 0 Å². The van der Waals surface area contributed by atoms with Gasteiger partial charge in [-0.2, -0.15) is 26.3 Å². The van der Waals surface area contributed by atoms with Crippen LogP contribution in [0, 0.1) is 5.92 Å². The smallest absolute Gasteiger partial charge is 0.223 e. The summed E-state index contributed by atoms with van der Waals surface area (Å²) in [4.78, 5) is 0. The summed E-state index contributed by atoms with van der Waals surface area (Å²) in [7, 11) is 0. The monoisotopic (exact) mass is 240 g/mol. The van der Waals surface area contributed by atoms with Crippen LogP contribution in [-0.2, 0) is 0 Å². The van der Waals surface area contributed by atoms with Gasteiger partial charge in [0.1, 0.15) is 0 Å². The minimum Gasteiger partial charge on any atom is -0.223 e. The first-order chi connectivity index (χ1) is 6.48. The van der Waals surface area contributed by atoms with E-state index < -0.39 is 30.4 Å². The molecule has 0 aromatic heterocycles. The van der Waals surface area contributed by atoms with Crippen LogP contribution in [0.1, 0.15) is 26.7 Å². The highest BCUT2D eigenvalue weighted by molar-refractivity contribution is 4.98. The molecule has 0 aliphatic heterocycles. The van der Waals surface area contributed by atoms with Crippen LogP contribution in [0.3, 0.4) is 0 Å². The minimum absolute atomic E-state index is 0.0546. The first kappa shape index (κ1) is 14.5. The summed E-state index contributed by atoms with van der Waals surface area (Å²) in [6, 6.07) is 0. The molecule has 0 spiro atoms. The number of rotatable bonds is 3. The molecule has 0 N–H and O–H groups in total. The van der Waals surface area contributed by atoms with Gasteiger partial charge in [0.15, 0.2) is 0 Å². The molecule has 0 aliphatic carbocycles. The number of hydrogen-bond donors (Lipinski definition) is 0. The standard InChI is InChI=1S/C8H11F7/c1-3-4-5(2)6(9,7(10,11)12)8(13,14)15/h5H,3-4H2,1-2H3. The Morgan fingerprint density at radius 2 is 1.20 bits per heavy atom. The van der Waals surface area contributed by atoms with Gasteiger partial charge in [-0.25, -0.2) is 4.39 Å². The van der Waals surface area contributed by atoms with E-state index in [1.807, 2.05) is 0 Å². The van der Waals surface area contributed by atoms with Gasteiger partial charge in [-0.05, 0) is 6.42 Å². The van der Waals surface area contributed by atoms with Crippen LogP contribution in [0.4, 0.5) is 30.7 Å².